The Balaban J connectivity index is 1.63. The van der Waals surface area contributed by atoms with Crippen LogP contribution in [-0.2, 0) is 11.2 Å². The average Bonchev–Trinajstić information content (AvgIpc) is 3.23. The zero-order valence-electron chi connectivity index (χ0n) is 14.0. The van der Waals surface area contributed by atoms with E-state index in [1.807, 2.05) is 13.1 Å². The molecule has 1 aliphatic carbocycles. The van der Waals surface area contributed by atoms with Gasteiger partial charge in [0.15, 0.2) is 5.65 Å². The van der Waals surface area contributed by atoms with Gasteiger partial charge in [0.2, 0.25) is 0 Å². The second-order valence-electron chi connectivity index (χ2n) is 6.46. The molecule has 1 saturated carbocycles. The molecule has 0 atom stereocenters. The number of rotatable bonds is 6. The number of aromatic carboxylic acids is 1. The fourth-order valence-corrected chi connectivity index (χ4v) is 3.19. The zero-order chi connectivity index (χ0) is 17.4. The first-order chi connectivity index (χ1) is 12.1. The van der Waals surface area contributed by atoms with Crippen molar-refractivity contribution in [2.45, 2.75) is 31.8 Å². The molecule has 0 amide bonds. The number of carbonyl (C=O) groups is 1. The van der Waals surface area contributed by atoms with Gasteiger partial charge in [0.25, 0.3) is 0 Å². The van der Waals surface area contributed by atoms with Gasteiger partial charge in [-0.25, -0.2) is 14.5 Å². The van der Waals surface area contributed by atoms with Crippen LogP contribution in [0.25, 0.3) is 16.7 Å². The van der Waals surface area contributed by atoms with Crippen LogP contribution in [0.5, 0.6) is 0 Å². The number of hydrogen-bond donors (Lipinski definition) is 1. The molecule has 3 aromatic rings. The predicted molar refractivity (Wildman–Crippen MR) is 93.1 cm³/mol. The summed E-state index contributed by atoms with van der Waals surface area (Å²) in [5, 5.41) is 14.4. The van der Waals surface area contributed by atoms with Crippen molar-refractivity contribution in [1.29, 1.82) is 0 Å². The molecule has 6 heteroatoms. The van der Waals surface area contributed by atoms with Gasteiger partial charge in [-0.05, 0) is 55.7 Å². The highest BCUT2D eigenvalue weighted by Gasteiger charge is 2.43. The second kappa shape index (κ2) is 5.97. The van der Waals surface area contributed by atoms with Gasteiger partial charge >= 0.3 is 5.97 Å². The molecule has 0 unspecified atom stereocenters. The van der Waals surface area contributed by atoms with Crippen molar-refractivity contribution in [3.05, 3.63) is 53.9 Å². The maximum Gasteiger partial charge on any atom is 0.335 e. The van der Waals surface area contributed by atoms with Gasteiger partial charge in [0.05, 0.1) is 23.0 Å². The Labute approximate surface area is 145 Å². The molecule has 25 heavy (non-hydrogen) atoms. The van der Waals surface area contributed by atoms with Gasteiger partial charge < -0.3 is 9.84 Å². The summed E-state index contributed by atoms with van der Waals surface area (Å²) in [7, 11) is 0. The largest absolute Gasteiger partial charge is 0.478 e. The van der Waals surface area contributed by atoms with Gasteiger partial charge in [-0.3, -0.25) is 0 Å². The van der Waals surface area contributed by atoms with E-state index < -0.39 is 5.97 Å². The van der Waals surface area contributed by atoms with Crippen LogP contribution in [0.2, 0.25) is 0 Å². The number of aromatic nitrogens is 3. The van der Waals surface area contributed by atoms with E-state index in [-0.39, 0.29) is 11.2 Å². The van der Waals surface area contributed by atoms with Gasteiger partial charge in [-0.2, -0.15) is 5.10 Å². The first kappa shape index (κ1) is 15.8. The molecule has 0 spiro atoms. The summed E-state index contributed by atoms with van der Waals surface area (Å²) in [6, 6.07) is 8.72. The molecule has 4 rings (SSSR count). The van der Waals surface area contributed by atoms with Gasteiger partial charge in [0, 0.05) is 24.6 Å². The molecule has 128 valence electrons. The summed E-state index contributed by atoms with van der Waals surface area (Å²) < 4.78 is 7.59. The number of carboxylic acid groups (broad SMARTS) is 1. The van der Waals surface area contributed by atoms with Crippen molar-refractivity contribution in [2.75, 3.05) is 6.61 Å². The fourth-order valence-electron chi connectivity index (χ4n) is 3.19. The normalized spacial score (nSPS) is 15.4. The van der Waals surface area contributed by atoms with E-state index in [0.717, 1.165) is 48.2 Å². The number of fused-ring (bicyclic) bond motifs is 1. The third-order valence-electron chi connectivity index (χ3n) is 4.61. The van der Waals surface area contributed by atoms with Crippen molar-refractivity contribution >= 4 is 17.0 Å². The van der Waals surface area contributed by atoms with Crippen LogP contribution in [0.3, 0.4) is 0 Å². The highest BCUT2D eigenvalue weighted by atomic mass is 16.5. The van der Waals surface area contributed by atoms with Gasteiger partial charge in [-0.1, -0.05) is 0 Å². The molecule has 1 N–H and O–H groups in total. The Morgan fingerprint density at radius 1 is 1.28 bits per heavy atom. The molecule has 2 heterocycles. The molecule has 1 aliphatic rings. The molecule has 0 aliphatic heterocycles. The van der Waals surface area contributed by atoms with Crippen molar-refractivity contribution in [2.24, 2.45) is 0 Å². The van der Waals surface area contributed by atoms with E-state index in [9.17, 15) is 4.79 Å². The number of ether oxygens (including phenoxy) is 1. The second-order valence-corrected chi connectivity index (χ2v) is 6.46. The van der Waals surface area contributed by atoms with Crippen LogP contribution in [0.15, 0.2) is 42.7 Å². The standard InChI is InChI=1S/C19H19N3O3/c1-2-25-19(7-8-19)10-13-9-15-12-21-22(17(15)20-11-13)16-5-3-14(4-6-16)18(23)24/h3-6,9,11-12H,2,7-8,10H2,1H3,(H,23,24). The topological polar surface area (TPSA) is 77.2 Å². The number of carboxylic acids is 1. The first-order valence-electron chi connectivity index (χ1n) is 8.41. The van der Waals surface area contributed by atoms with Crippen LogP contribution >= 0.6 is 0 Å². The van der Waals surface area contributed by atoms with E-state index in [2.05, 4.69) is 16.1 Å². The highest BCUT2D eigenvalue weighted by molar-refractivity contribution is 5.87. The van der Waals surface area contributed by atoms with Crippen LogP contribution in [-0.4, -0.2) is 38.0 Å². The fraction of sp³-hybridized carbons (Fsp3) is 0.316. The Kier molecular flexibility index (Phi) is 3.77. The summed E-state index contributed by atoms with van der Waals surface area (Å²) in [4.78, 5) is 15.5. The number of pyridine rings is 1. The summed E-state index contributed by atoms with van der Waals surface area (Å²) in [5.74, 6) is -0.942. The lowest BCUT2D eigenvalue weighted by Gasteiger charge is -2.15. The molecule has 1 aromatic carbocycles. The summed E-state index contributed by atoms with van der Waals surface area (Å²) >= 11 is 0. The maximum absolute atomic E-state index is 11.0. The number of nitrogens with zero attached hydrogens (tertiary/aromatic N) is 3. The van der Waals surface area contributed by atoms with E-state index in [0.29, 0.717) is 0 Å². The SMILES string of the molecule is CCOC1(Cc2cnc3c(cnn3-c3ccc(C(=O)O)cc3)c2)CC1. The molecule has 1 fully saturated rings. The zero-order valence-corrected chi connectivity index (χ0v) is 14.0. The Bertz CT molecular complexity index is 927. The van der Waals surface area contributed by atoms with E-state index >= 15 is 0 Å². The average molecular weight is 337 g/mol. The van der Waals surface area contributed by atoms with E-state index in [1.165, 1.54) is 0 Å². The third kappa shape index (κ3) is 3.00. The van der Waals surface area contributed by atoms with Gasteiger partial charge in [0.1, 0.15) is 0 Å². The summed E-state index contributed by atoms with van der Waals surface area (Å²) in [5.41, 5.74) is 2.95. The molecular formula is C19H19N3O3. The minimum Gasteiger partial charge on any atom is -0.478 e. The number of benzene rings is 1. The van der Waals surface area contributed by atoms with Crippen molar-refractivity contribution in [3.63, 3.8) is 0 Å². The monoisotopic (exact) mass is 337 g/mol. The minimum absolute atomic E-state index is 0.00671. The molecule has 6 nitrogen and oxygen atoms in total. The molecule has 0 bridgehead atoms. The molecule has 2 aromatic heterocycles. The molecule has 0 saturated heterocycles. The first-order valence-corrected chi connectivity index (χ1v) is 8.41. The van der Waals surface area contributed by atoms with Crippen LogP contribution in [0, 0.1) is 0 Å². The lowest BCUT2D eigenvalue weighted by molar-refractivity contribution is 0.0423. The molecular weight excluding hydrogens is 318 g/mol. The quantitative estimate of drug-likeness (QED) is 0.747. The predicted octanol–water partition coefficient (Wildman–Crippen LogP) is 3.23. The van der Waals surface area contributed by atoms with E-state index in [1.54, 1.807) is 35.1 Å². The summed E-state index contributed by atoms with van der Waals surface area (Å²) in [6.45, 7) is 2.77. The van der Waals surface area contributed by atoms with Crippen LogP contribution in [0.1, 0.15) is 35.7 Å². The third-order valence-corrected chi connectivity index (χ3v) is 4.61. The van der Waals surface area contributed by atoms with Crippen molar-refractivity contribution in [1.82, 2.24) is 14.8 Å². The minimum atomic E-state index is -0.942. The number of hydrogen-bond acceptors (Lipinski definition) is 4. The maximum atomic E-state index is 11.0. The van der Waals surface area contributed by atoms with E-state index in [4.69, 9.17) is 9.84 Å². The van der Waals surface area contributed by atoms with Crippen molar-refractivity contribution < 1.29 is 14.6 Å². The van der Waals surface area contributed by atoms with Gasteiger partial charge in [-0.15, -0.1) is 0 Å². The Morgan fingerprint density at radius 3 is 2.68 bits per heavy atom. The van der Waals surface area contributed by atoms with Crippen molar-refractivity contribution in [3.8, 4) is 5.69 Å². The lowest BCUT2D eigenvalue weighted by atomic mass is 10.1. The Hall–Kier alpha value is -2.73. The van der Waals surface area contributed by atoms with Crippen LogP contribution < -0.4 is 0 Å². The lowest BCUT2D eigenvalue weighted by Crippen LogP contribution is -2.17. The highest BCUT2D eigenvalue weighted by Crippen LogP contribution is 2.42. The van der Waals surface area contributed by atoms with Crippen LogP contribution in [0.4, 0.5) is 0 Å². The smallest absolute Gasteiger partial charge is 0.335 e. The summed E-state index contributed by atoms with van der Waals surface area (Å²) in [6.07, 6.45) is 6.76. The molecule has 0 radical (unpaired) electrons. The Morgan fingerprint density at radius 2 is 2.04 bits per heavy atom.